The second-order valence-electron chi connectivity index (χ2n) is 5.03. The Balaban J connectivity index is 2.20. The van der Waals surface area contributed by atoms with Crippen LogP contribution in [0.3, 0.4) is 0 Å². The maximum Gasteiger partial charge on any atom is 0.163 e. The van der Waals surface area contributed by atoms with Crippen LogP contribution in [0.25, 0.3) is 0 Å². The van der Waals surface area contributed by atoms with Crippen LogP contribution in [-0.4, -0.2) is 5.78 Å². The van der Waals surface area contributed by atoms with Gasteiger partial charge in [0.1, 0.15) is 11.5 Å². The second kappa shape index (κ2) is 6.38. The summed E-state index contributed by atoms with van der Waals surface area (Å²) in [5, 5.41) is 0. The summed E-state index contributed by atoms with van der Waals surface area (Å²) in [7, 11) is 0. The number of hydrogen-bond donors (Lipinski definition) is 0. The maximum atomic E-state index is 11.6. The Kier molecular flexibility index (Phi) is 4.57. The first-order chi connectivity index (χ1) is 9.61. The Bertz CT molecular complexity index is 585. The molecule has 0 fully saturated rings. The molecule has 0 heterocycles. The van der Waals surface area contributed by atoms with Gasteiger partial charge in [-0.15, -0.1) is 0 Å². The summed E-state index contributed by atoms with van der Waals surface area (Å²) in [6.07, 6.45) is 1.12. The molecule has 20 heavy (non-hydrogen) atoms. The van der Waals surface area contributed by atoms with Crippen molar-refractivity contribution in [2.75, 3.05) is 0 Å². The highest BCUT2D eigenvalue weighted by Gasteiger charge is 2.09. The van der Waals surface area contributed by atoms with E-state index in [0.717, 1.165) is 12.2 Å². The lowest BCUT2D eigenvalue weighted by molar-refractivity contribution is 0.101. The van der Waals surface area contributed by atoms with Crippen LogP contribution in [0.5, 0.6) is 11.5 Å². The molecule has 0 spiro atoms. The lowest BCUT2D eigenvalue weighted by Gasteiger charge is -2.12. The third kappa shape index (κ3) is 3.27. The second-order valence-corrected chi connectivity index (χ2v) is 5.03. The molecule has 0 aliphatic heterocycles. The zero-order chi connectivity index (χ0) is 14.5. The van der Waals surface area contributed by atoms with E-state index >= 15 is 0 Å². The molecule has 1 atom stereocenters. The molecule has 0 saturated heterocycles. The molecule has 0 saturated carbocycles. The van der Waals surface area contributed by atoms with E-state index in [2.05, 4.69) is 26.0 Å². The highest BCUT2D eigenvalue weighted by atomic mass is 16.5. The van der Waals surface area contributed by atoms with E-state index < -0.39 is 0 Å². The Morgan fingerprint density at radius 2 is 1.75 bits per heavy atom. The van der Waals surface area contributed by atoms with Crippen molar-refractivity contribution in [2.45, 2.75) is 33.1 Å². The van der Waals surface area contributed by atoms with Gasteiger partial charge in [-0.1, -0.05) is 38.1 Å². The van der Waals surface area contributed by atoms with E-state index in [9.17, 15) is 4.79 Å². The van der Waals surface area contributed by atoms with E-state index in [1.54, 1.807) is 13.0 Å². The normalized spacial score (nSPS) is 11.9. The monoisotopic (exact) mass is 268 g/mol. The van der Waals surface area contributed by atoms with Crippen molar-refractivity contribution in [1.29, 1.82) is 0 Å². The smallest absolute Gasteiger partial charge is 0.163 e. The van der Waals surface area contributed by atoms with Crippen molar-refractivity contribution >= 4 is 5.78 Å². The first kappa shape index (κ1) is 14.3. The number of rotatable bonds is 5. The molecule has 0 N–H and O–H groups in total. The van der Waals surface area contributed by atoms with Gasteiger partial charge in [0.2, 0.25) is 0 Å². The minimum absolute atomic E-state index is 0.0109. The number of benzene rings is 2. The topological polar surface area (TPSA) is 26.3 Å². The highest BCUT2D eigenvalue weighted by molar-refractivity contribution is 5.96. The van der Waals surface area contributed by atoms with Crippen molar-refractivity contribution < 1.29 is 9.53 Å². The van der Waals surface area contributed by atoms with Crippen molar-refractivity contribution in [3.05, 3.63) is 59.7 Å². The van der Waals surface area contributed by atoms with Crippen LogP contribution in [0.2, 0.25) is 0 Å². The summed E-state index contributed by atoms with van der Waals surface area (Å²) in [5.41, 5.74) is 1.92. The largest absolute Gasteiger partial charge is 0.457 e. The van der Waals surface area contributed by atoms with Crippen molar-refractivity contribution in [2.24, 2.45) is 0 Å². The lowest BCUT2D eigenvalue weighted by Crippen LogP contribution is -1.97. The van der Waals surface area contributed by atoms with Gasteiger partial charge in [-0.3, -0.25) is 4.79 Å². The molecule has 1 unspecified atom stereocenters. The fourth-order valence-corrected chi connectivity index (χ4v) is 2.07. The van der Waals surface area contributed by atoms with Crippen LogP contribution < -0.4 is 4.74 Å². The molecule has 104 valence electrons. The average molecular weight is 268 g/mol. The summed E-state index contributed by atoms with van der Waals surface area (Å²) >= 11 is 0. The quantitative estimate of drug-likeness (QED) is 0.697. The number of Topliss-reactive ketones (excluding diaryl/α,β-unsaturated/α-hetero) is 1. The molecule has 0 aromatic heterocycles. The van der Waals surface area contributed by atoms with Crippen LogP contribution in [0.15, 0.2) is 48.5 Å². The Morgan fingerprint density at radius 3 is 2.35 bits per heavy atom. The van der Waals surface area contributed by atoms with Gasteiger partial charge in [-0.2, -0.15) is 0 Å². The predicted molar refractivity (Wildman–Crippen MR) is 81.7 cm³/mol. The van der Waals surface area contributed by atoms with E-state index in [1.807, 2.05) is 30.3 Å². The van der Waals surface area contributed by atoms with Gasteiger partial charge in [0.25, 0.3) is 0 Å². The fourth-order valence-electron chi connectivity index (χ4n) is 2.07. The summed E-state index contributed by atoms with van der Waals surface area (Å²) in [6, 6.07) is 15.4. The molecule has 2 aromatic carbocycles. The summed E-state index contributed by atoms with van der Waals surface area (Å²) in [6.45, 7) is 5.94. The van der Waals surface area contributed by atoms with Crippen molar-refractivity contribution in [1.82, 2.24) is 0 Å². The van der Waals surface area contributed by atoms with Crippen LogP contribution >= 0.6 is 0 Å². The number of carbonyl (C=O) groups is 1. The molecule has 0 bridgehead atoms. The Hall–Kier alpha value is -2.09. The van der Waals surface area contributed by atoms with E-state index in [0.29, 0.717) is 17.2 Å². The van der Waals surface area contributed by atoms with Crippen LogP contribution in [0.4, 0.5) is 0 Å². The molecule has 2 aromatic rings. The van der Waals surface area contributed by atoms with Crippen molar-refractivity contribution in [3.8, 4) is 11.5 Å². The van der Waals surface area contributed by atoms with Crippen molar-refractivity contribution in [3.63, 3.8) is 0 Å². The van der Waals surface area contributed by atoms with Gasteiger partial charge in [0, 0.05) is 0 Å². The highest BCUT2D eigenvalue weighted by Crippen LogP contribution is 2.27. The SMILES string of the molecule is CCC(C)c1ccc(Oc2ccccc2C(C)=O)cc1. The van der Waals surface area contributed by atoms with Crippen LogP contribution in [-0.2, 0) is 0 Å². The first-order valence-corrected chi connectivity index (χ1v) is 6.99. The Morgan fingerprint density at radius 1 is 1.10 bits per heavy atom. The molecule has 0 amide bonds. The average Bonchev–Trinajstić information content (AvgIpc) is 2.47. The molecule has 0 aliphatic rings. The fraction of sp³-hybridized carbons (Fsp3) is 0.278. The molecule has 2 nitrogen and oxygen atoms in total. The number of para-hydroxylation sites is 1. The zero-order valence-corrected chi connectivity index (χ0v) is 12.2. The molecule has 0 aliphatic carbocycles. The van der Waals surface area contributed by atoms with E-state index in [4.69, 9.17) is 4.74 Å². The molecule has 2 heteroatoms. The van der Waals surface area contributed by atoms with Crippen LogP contribution in [0, 0.1) is 0 Å². The Labute approximate surface area is 120 Å². The molecular formula is C18H20O2. The van der Waals surface area contributed by atoms with Gasteiger partial charge < -0.3 is 4.74 Å². The summed E-state index contributed by atoms with van der Waals surface area (Å²) in [5.74, 6) is 1.92. The number of carbonyl (C=O) groups excluding carboxylic acids is 1. The predicted octanol–water partition coefficient (Wildman–Crippen LogP) is 5.20. The minimum atomic E-state index is 0.0109. The summed E-state index contributed by atoms with van der Waals surface area (Å²) < 4.78 is 5.82. The molecular weight excluding hydrogens is 248 g/mol. The maximum absolute atomic E-state index is 11.6. The summed E-state index contributed by atoms with van der Waals surface area (Å²) in [4.78, 5) is 11.6. The first-order valence-electron chi connectivity index (χ1n) is 6.99. The lowest BCUT2D eigenvalue weighted by atomic mass is 9.99. The van der Waals surface area contributed by atoms with Gasteiger partial charge in [-0.25, -0.2) is 0 Å². The number of ether oxygens (including phenoxy) is 1. The minimum Gasteiger partial charge on any atom is -0.457 e. The number of ketones is 1. The van der Waals surface area contributed by atoms with Gasteiger partial charge >= 0.3 is 0 Å². The third-order valence-electron chi connectivity index (χ3n) is 3.56. The van der Waals surface area contributed by atoms with Gasteiger partial charge in [0.05, 0.1) is 5.56 Å². The number of hydrogen-bond acceptors (Lipinski definition) is 2. The molecule has 2 rings (SSSR count). The van der Waals surface area contributed by atoms with Crippen LogP contribution in [0.1, 0.15) is 49.0 Å². The van der Waals surface area contributed by atoms with E-state index in [1.165, 1.54) is 5.56 Å². The zero-order valence-electron chi connectivity index (χ0n) is 12.2. The third-order valence-corrected chi connectivity index (χ3v) is 3.56. The standard InChI is InChI=1S/C18H20O2/c1-4-13(2)15-9-11-16(12-10-15)20-18-8-6-5-7-17(18)14(3)19/h5-13H,4H2,1-3H3. The van der Waals surface area contributed by atoms with Gasteiger partial charge in [-0.05, 0) is 49.1 Å². The van der Waals surface area contributed by atoms with E-state index in [-0.39, 0.29) is 5.78 Å². The van der Waals surface area contributed by atoms with Gasteiger partial charge in [0.15, 0.2) is 5.78 Å². The molecule has 0 radical (unpaired) electrons.